The highest BCUT2D eigenvalue weighted by Gasteiger charge is 2.52. The molecule has 1 aromatic rings. The highest BCUT2D eigenvalue weighted by molar-refractivity contribution is 7.86. The summed E-state index contributed by atoms with van der Waals surface area (Å²) in [5, 5.41) is 6.89. The van der Waals surface area contributed by atoms with Gasteiger partial charge >= 0.3 is 5.97 Å². The lowest BCUT2D eigenvalue weighted by Gasteiger charge is -2.37. The van der Waals surface area contributed by atoms with Gasteiger partial charge in [-0.2, -0.15) is 17.0 Å². The monoisotopic (exact) mass is 467 g/mol. The van der Waals surface area contributed by atoms with Crippen LogP contribution >= 0.6 is 0 Å². The summed E-state index contributed by atoms with van der Waals surface area (Å²) < 4.78 is 34.6. The maximum Gasteiger partial charge on any atom is 0.312 e. The number of esters is 1. The number of carbonyl (C=O) groups excluding carboxylic acids is 1. The first kappa shape index (κ1) is 24.6. The van der Waals surface area contributed by atoms with Gasteiger partial charge in [0.15, 0.2) is 0 Å². The Bertz CT molecular complexity index is 865. The lowest BCUT2D eigenvalue weighted by atomic mass is 9.76. The van der Waals surface area contributed by atoms with E-state index >= 15 is 0 Å². The van der Waals surface area contributed by atoms with Crippen LogP contribution in [0.15, 0.2) is 30.3 Å². The lowest BCUT2D eigenvalue weighted by Crippen LogP contribution is -2.49. The van der Waals surface area contributed by atoms with Crippen molar-refractivity contribution >= 4 is 22.7 Å². The summed E-state index contributed by atoms with van der Waals surface area (Å²) in [5.41, 5.74) is 0.449. The normalized spacial score (nSPS) is 23.7. The van der Waals surface area contributed by atoms with Gasteiger partial charge in [0.25, 0.3) is 16.7 Å². The first-order chi connectivity index (χ1) is 15.3. The molecule has 1 unspecified atom stereocenters. The first-order valence-electron chi connectivity index (χ1n) is 11.1. The summed E-state index contributed by atoms with van der Waals surface area (Å²) in [7, 11) is -1.94. The summed E-state index contributed by atoms with van der Waals surface area (Å²) in [4.78, 5) is 23.4. The predicted molar refractivity (Wildman–Crippen MR) is 119 cm³/mol. The molecular formula is C22H33N3O6S. The van der Waals surface area contributed by atoms with Gasteiger partial charge in [0.1, 0.15) is 6.10 Å². The topological polar surface area (TPSA) is 107 Å². The van der Waals surface area contributed by atoms with E-state index < -0.39 is 15.6 Å². The number of carboxylic acid groups (broad SMARTS) is 1. The molecule has 4 rings (SSSR count). The zero-order chi connectivity index (χ0) is 23.2. The molecule has 0 radical (unpaired) electrons. The van der Waals surface area contributed by atoms with Crippen LogP contribution in [0.1, 0.15) is 37.7 Å². The molecule has 1 aromatic carbocycles. The third-order valence-corrected chi connectivity index (χ3v) is 8.57. The number of ether oxygens (including phenoxy) is 1. The molecule has 0 amide bonds. The largest absolute Gasteiger partial charge is 0.483 e. The number of hydrogen-bond acceptors (Lipinski definition) is 6. The second-order valence-corrected chi connectivity index (χ2v) is 10.8. The molecule has 1 N–H and O–H groups in total. The van der Waals surface area contributed by atoms with Crippen molar-refractivity contribution in [1.29, 1.82) is 0 Å². The Hall–Kier alpha value is -2.01. The number of rotatable bonds is 6. The highest BCUT2D eigenvalue weighted by Crippen LogP contribution is 2.44. The number of piperidine rings is 1. The van der Waals surface area contributed by atoms with Gasteiger partial charge in [0, 0.05) is 39.6 Å². The van der Waals surface area contributed by atoms with E-state index in [2.05, 4.69) is 4.90 Å². The molecule has 10 heteroatoms. The average Bonchev–Trinajstić information content (AvgIpc) is 3.38. The van der Waals surface area contributed by atoms with Gasteiger partial charge < -0.3 is 9.84 Å². The number of benzene rings is 1. The molecule has 3 aliphatic heterocycles. The van der Waals surface area contributed by atoms with Crippen molar-refractivity contribution in [2.45, 2.75) is 44.8 Å². The van der Waals surface area contributed by atoms with Gasteiger partial charge in [-0.1, -0.05) is 30.3 Å². The number of nitrogens with zero attached hydrogens (tertiary/aromatic N) is 3. The average molecular weight is 468 g/mol. The van der Waals surface area contributed by atoms with Gasteiger partial charge in [-0.05, 0) is 44.3 Å². The third-order valence-electron chi connectivity index (χ3n) is 6.63. The van der Waals surface area contributed by atoms with Crippen molar-refractivity contribution in [1.82, 2.24) is 13.5 Å². The van der Waals surface area contributed by atoms with Crippen LogP contribution in [-0.4, -0.2) is 85.4 Å². The van der Waals surface area contributed by atoms with E-state index in [1.54, 1.807) is 7.05 Å². The molecule has 0 aromatic heterocycles. The molecule has 9 nitrogen and oxygen atoms in total. The van der Waals surface area contributed by atoms with Crippen LogP contribution in [0.4, 0.5) is 0 Å². The van der Waals surface area contributed by atoms with Crippen molar-refractivity contribution in [3.8, 4) is 0 Å². The van der Waals surface area contributed by atoms with Gasteiger partial charge in [-0.15, -0.1) is 0 Å². The Morgan fingerprint density at radius 1 is 1.16 bits per heavy atom. The quantitative estimate of drug-likeness (QED) is 0.500. The SMILES string of the molecule is CN(Cc1ccccc1)S(=O)(=O)N1CCC2(CC1)CC(CN1CCCC1)OC2=O.O=CO. The van der Waals surface area contributed by atoms with Crippen molar-refractivity contribution in [2.24, 2.45) is 5.41 Å². The highest BCUT2D eigenvalue weighted by atomic mass is 32.2. The summed E-state index contributed by atoms with van der Waals surface area (Å²) in [6.45, 7) is 3.81. The van der Waals surface area contributed by atoms with E-state index in [1.165, 1.54) is 21.5 Å². The van der Waals surface area contributed by atoms with E-state index in [4.69, 9.17) is 14.6 Å². The Morgan fingerprint density at radius 3 is 2.34 bits per heavy atom. The minimum absolute atomic E-state index is 0.0514. The van der Waals surface area contributed by atoms with Crippen LogP contribution in [0.25, 0.3) is 0 Å². The zero-order valence-electron chi connectivity index (χ0n) is 18.6. The number of cyclic esters (lactones) is 1. The molecular weight excluding hydrogens is 434 g/mol. The molecule has 3 fully saturated rings. The molecule has 3 aliphatic rings. The number of hydrogen-bond donors (Lipinski definition) is 1. The Morgan fingerprint density at radius 2 is 1.75 bits per heavy atom. The number of carbonyl (C=O) groups is 2. The Balaban J connectivity index is 0.000000913. The smallest absolute Gasteiger partial charge is 0.312 e. The minimum atomic E-state index is -3.55. The maximum atomic E-state index is 13.0. The van der Waals surface area contributed by atoms with Crippen molar-refractivity contribution in [3.63, 3.8) is 0 Å². The second-order valence-electron chi connectivity index (χ2n) is 8.77. The summed E-state index contributed by atoms with van der Waals surface area (Å²) >= 11 is 0. The van der Waals surface area contributed by atoms with Crippen LogP contribution in [0.5, 0.6) is 0 Å². The standard InChI is InChI=1S/C21H31N3O4S.CH2O2/c1-22(16-18-7-3-2-4-8-18)29(26,27)24-13-9-21(10-14-24)15-19(28-20(21)25)17-23-11-5-6-12-23;2-1-3/h2-4,7-8,19H,5-6,9-17H2,1H3;1H,(H,2,3). The second kappa shape index (κ2) is 10.7. The van der Waals surface area contributed by atoms with Gasteiger partial charge in [-0.3, -0.25) is 14.5 Å². The van der Waals surface area contributed by atoms with E-state index in [9.17, 15) is 13.2 Å². The third kappa shape index (κ3) is 5.67. The van der Waals surface area contributed by atoms with Crippen molar-refractivity contribution in [2.75, 3.05) is 39.8 Å². The van der Waals surface area contributed by atoms with Gasteiger partial charge in [-0.25, -0.2) is 0 Å². The van der Waals surface area contributed by atoms with E-state index in [0.717, 1.165) is 31.6 Å². The fourth-order valence-electron chi connectivity index (χ4n) is 4.86. The van der Waals surface area contributed by atoms with Crippen molar-refractivity contribution < 1.29 is 27.9 Å². The molecule has 0 saturated carbocycles. The molecule has 32 heavy (non-hydrogen) atoms. The minimum Gasteiger partial charge on any atom is -0.483 e. The van der Waals surface area contributed by atoms with Crippen LogP contribution in [0.3, 0.4) is 0 Å². The molecule has 3 heterocycles. The Kier molecular flexibility index (Phi) is 8.26. The summed E-state index contributed by atoms with van der Waals surface area (Å²) in [6.07, 6.45) is 4.19. The van der Waals surface area contributed by atoms with Crippen LogP contribution < -0.4 is 0 Å². The van der Waals surface area contributed by atoms with Crippen molar-refractivity contribution in [3.05, 3.63) is 35.9 Å². The van der Waals surface area contributed by atoms with Crippen LogP contribution in [-0.2, 0) is 31.1 Å². The molecule has 1 spiro atoms. The lowest BCUT2D eigenvalue weighted by molar-refractivity contribution is -0.150. The molecule has 1 atom stereocenters. The van der Waals surface area contributed by atoms with E-state index in [0.29, 0.717) is 32.5 Å². The van der Waals surface area contributed by atoms with E-state index in [1.807, 2.05) is 30.3 Å². The van der Waals surface area contributed by atoms with Gasteiger partial charge in [0.05, 0.1) is 5.41 Å². The maximum absolute atomic E-state index is 13.0. The van der Waals surface area contributed by atoms with Crippen LogP contribution in [0, 0.1) is 5.41 Å². The summed E-state index contributed by atoms with van der Waals surface area (Å²) in [5.74, 6) is -0.128. The number of likely N-dealkylation sites (tertiary alicyclic amines) is 1. The summed E-state index contributed by atoms with van der Waals surface area (Å²) in [6, 6.07) is 9.58. The van der Waals surface area contributed by atoms with Crippen LogP contribution in [0.2, 0.25) is 0 Å². The molecule has 0 aliphatic carbocycles. The fraction of sp³-hybridized carbons (Fsp3) is 0.636. The predicted octanol–water partition coefficient (Wildman–Crippen LogP) is 1.56. The fourth-order valence-corrected chi connectivity index (χ4v) is 6.22. The molecule has 3 saturated heterocycles. The molecule has 178 valence electrons. The molecule has 0 bridgehead atoms. The Labute approximate surface area is 190 Å². The zero-order valence-corrected chi connectivity index (χ0v) is 19.4. The van der Waals surface area contributed by atoms with Gasteiger partial charge in [0.2, 0.25) is 0 Å². The van der Waals surface area contributed by atoms with E-state index in [-0.39, 0.29) is 18.5 Å². The first-order valence-corrected chi connectivity index (χ1v) is 12.5.